The van der Waals surface area contributed by atoms with Crippen LogP contribution in [0.3, 0.4) is 0 Å². The molecule has 1 N–H and O–H groups in total. The third kappa shape index (κ3) is 14.5. The largest absolute Gasteiger partial charge is 0.397 e. The van der Waals surface area contributed by atoms with Crippen molar-refractivity contribution >= 4 is 10.4 Å². The Morgan fingerprint density at radius 3 is 2.08 bits per heavy atom. The van der Waals surface area contributed by atoms with E-state index in [9.17, 15) is 8.42 Å². The van der Waals surface area contributed by atoms with Gasteiger partial charge in [0, 0.05) is 18.9 Å². The third-order valence-electron chi connectivity index (χ3n) is 3.68. The molecule has 0 amide bonds. The van der Waals surface area contributed by atoms with E-state index < -0.39 is 10.4 Å². The van der Waals surface area contributed by atoms with Crippen molar-refractivity contribution in [2.75, 3.05) is 19.8 Å². The molecule has 0 aliphatic carbocycles. The maximum Gasteiger partial charge on any atom is 0.397 e. The molecule has 0 unspecified atom stereocenters. The van der Waals surface area contributed by atoms with Crippen LogP contribution in [0.25, 0.3) is 0 Å². The Kier molecular flexibility index (Phi) is 13.7. The zero-order valence-electron chi connectivity index (χ0n) is 15.2. The highest BCUT2D eigenvalue weighted by molar-refractivity contribution is 7.80. The van der Waals surface area contributed by atoms with E-state index in [4.69, 9.17) is 4.55 Å². The summed E-state index contributed by atoms with van der Waals surface area (Å²) in [7, 11) is -4.23. The standard InChI is InChI=1S/C10H22O4S.C7H12N2/c1-2-3-4-5-6-7-8-9-10-14-15(11,12)13;1-3-8-5-6-9(4-2)7-8/h2-10H2,1H3,(H,11,12,13);3,5-6H,1,4,7H2,2H3. The molecule has 0 radical (unpaired) electrons. The van der Waals surface area contributed by atoms with Crippen LogP contribution in [0, 0.1) is 0 Å². The molecule has 1 heterocycles. The van der Waals surface area contributed by atoms with Crippen molar-refractivity contribution in [1.29, 1.82) is 0 Å². The molecule has 0 aromatic rings. The summed E-state index contributed by atoms with van der Waals surface area (Å²) in [5, 5.41) is 0. The van der Waals surface area contributed by atoms with Gasteiger partial charge in [0.25, 0.3) is 0 Å². The van der Waals surface area contributed by atoms with Crippen LogP contribution in [0.4, 0.5) is 0 Å². The average Bonchev–Trinajstić information content (AvgIpc) is 3.01. The predicted octanol–water partition coefficient (Wildman–Crippen LogP) is 4.14. The first-order valence-corrected chi connectivity index (χ1v) is 10.2. The molecule has 0 saturated heterocycles. The van der Waals surface area contributed by atoms with Gasteiger partial charge in [0.05, 0.1) is 13.3 Å². The Hall–Kier alpha value is -1.05. The van der Waals surface area contributed by atoms with Crippen LogP contribution in [0.2, 0.25) is 0 Å². The van der Waals surface area contributed by atoms with Crippen molar-refractivity contribution in [3.8, 4) is 0 Å². The maximum absolute atomic E-state index is 10.2. The van der Waals surface area contributed by atoms with E-state index >= 15 is 0 Å². The Balaban J connectivity index is 0.000000496. The fourth-order valence-corrected chi connectivity index (χ4v) is 2.54. The lowest BCUT2D eigenvalue weighted by Crippen LogP contribution is -2.20. The molecule has 1 rings (SSSR count). The second-order valence-electron chi connectivity index (χ2n) is 5.77. The highest BCUT2D eigenvalue weighted by Crippen LogP contribution is 2.08. The SMILES string of the molecule is C=CN1C=CN(CC)C1.CCCCCCCCCCOS(=O)(=O)O. The zero-order chi connectivity index (χ0) is 18.3. The first kappa shape index (κ1) is 22.9. The molecule has 7 heteroatoms. The average molecular weight is 363 g/mol. The van der Waals surface area contributed by atoms with Crippen molar-refractivity contribution < 1.29 is 17.2 Å². The lowest BCUT2D eigenvalue weighted by Gasteiger charge is -2.15. The molecule has 6 nitrogen and oxygen atoms in total. The van der Waals surface area contributed by atoms with E-state index in [0.29, 0.717) is 6.42 Å². The molecule has 24 heavy (non-hydrogen) atoms. The zero-order valence-corrected chi connectivity index (χ0v) is 16.0. The van der Waals surface area contributed by atoms with Crippen molar-refractivity contribution in [2.45, 2.75) is 65.2 Å². The molecule has 0 atom stereocenters. The summed E-state index contributed by atoms with van der Waals surface area (Å²) >= 11 is 0. The third-order valence-corrected chi connectivity index (χ3v) is 4.15. The molecule has 0 saturated carbocycles. The van der Waals surface area contributed by atoms with Crippen LogP contribution in [0.15, 0.2) is 25.2 Å². The number of unbranched alkanes of at least 4 members (excludes halogenated alkanes) is 7. The van der Waals surface area contributed by atoms with Crippen molar-refractivity contribution in [2.24, 2.45) is 0 Å². The number of hydrogen-bond donors (Lipinski definition) is 1. The molecule has 0 fully saturated rings. The number of hydrogen-bond acceptors (Lipinski definition) is 5. The molecule has 1 aliphatic heterocycles. The van der Waals surface area contributed by atoms with E-state index in [1.165, 1.54) is 32.1 Å². The number of rotatable bonds is 12. The second-order valence-corrected chi connectivity index (χ2v) is 6.86. The summed E-state index contributed by atoms with van der Waals surface area (Å²) in [6.45, 7) is 10.1. The van der Waals surface area contributed by atoms with Gasteiger partial charge in [0.1, 0.15) is 0 Å². The second kappa shape index (κ2) is 14.3. The summed E-state index contributed by atoms with van der Waals surface area (Å²) < 4.78 is 32.8. The number of nitrogens with zero attached hydrogens (tertiary/aromatic N) is 2. The van der Waals surface area contributed by atoms with Crippen LogP contribution < -0.4 is 0 Å². The molecule has 0 spiro atoms. The van der Waals surface area contributed by atoms with Crippen molar-refractivity contribution in [3.05, 3.63) is 25.2 Å². The fourth-order valence-electron chi connectivity index (χ4n) is 2.21. The van der Waals surface area contributed by atoms with Gasteiger partial charge >= 0.3 is 10.4 Å². The highest BCUT2D eigenvalue weighted by Gasteiger charge is 2.05. The molecule has 0 bridgehead atoms. The first-order chi connectivity index (χ1) is 11.4. The lowest BCUT2D eigenvalue weighted by atomic mass is 10.1. The van der Waals surface area contributed by atoms with Gasteiger partial charge < -0.3 is 9.80 Å². The summed E-state index contributed by atoms with van der Waals surface area (Å²) in [6.07, 6.45) is 15.0. The van der Waals surface area contributed by atoms with E-state index in [0.717, 1.165) is 26.1 Å². The van der Waals surface area contributed by atoms with Crippen molar-refractivity contribution in [3.63, 3.8) is 0 Å². The molecule has 1 aliphatic rings. The van der Waals surface area contributed by atoms with E-state index in [1.807, 2.05) is 17.3 Å². The Labute approximate surface area is 148 Å². The molecule has 142 valence electrons. The Bertz CT molecular complexity index is 438. The minimum absolute atomic E-state index is 0.0911. The maximum atomic E-state index is 10.2. The Morgan fingerprint density at radius 2 is 1.67 bits per heavy atom. The van der Waals surface area contributed by atoms with E-state index in [-0.39, 0.29) is 6.61 Å². The quantitative estimate of drug-likeness (QED) is 0.415. The van der Waals surface area contributed by atoms with Gasteiger partial charge in [0.15, 0.2) is 0 Å². The van der Waals surface area contributed by atoms with E-state index in [1.54, 1.807) is 0 Å². The highest BCUT2D eigenvalue weighted by atomic mass is 32.3. The smallest absolute Gasteiger partial charge is 0.359 e. The monoisotopic (exact) mass is 362 g/mol. The van der Waals surface area contributed by atoms with Crippen LogP contribution in [0.1, 0.15) is 65.2 Å². The van der Waals surface area contributed by atoms with Crippen LogP contribution in [0.5, 0.6) is 0 Å². The lowest BCUT2D eigenvalue weighted by molar-refractivity contribution is 0.261. The fraction of sp³-hybridized carbons (Fsp3) is 0.765. The van der Waals surface area contributed by atoms with Gasteiger partial charge in [-0.3, -0.25) is 4.55 Å². The molecule has 0 aromatic heterocycles. The van der Waals surface area contributed by atoms with Gasteiger partial charge in [-0.25, -0.2) is 4.18 Å². The van der Waals surface area contributed by atoms with Crippen molar-refractivity contribution in [1.82, 2.24) is 9.80 Å². The van der Waals surface area contributed by atoms with Crippen LogP contribution >= 0.6 is 0 Å². The van der Waals surface area contributed by atoms with E-state index in [2.05, 4.69) is 35.7 Å². The topological polar surface area (TPSA) is 70.1 Å². The summed E-state index contributed by atoms with van der Waals surface area (Å²) in [5.41, 5.74) is 0. The van der Waals surface area contributed by atoms with Gasteiger partial charge in [-0.05, 0) is 19.5 Å². The summed E-state index contributed by atoms with van der Waals surface area (Å²) in [4.78, 5) is 4.26. The summed E-state index contributed by atoms with van der Waals surface area (Å²) in [6, 6.07) is 0. The Morgan fingerprint density at radius 1 is 1.08 bits per heavy atom. The van der Waals surface area contributed by atoms with Gasteiger partial charge in [0.2, 0.25) is 0 Å². The first-order valence-electron chi connectivity index (χ1n) is 8.85. The minimum Gasteiger partial charge on any atom is -0.359 e. The summed E-state index contributed by atoms with van der Waals surface area (Å²) in [5.74, 6) is 0. The van der Waals surface area contributed by atoms with Crippen LogP contribution in [-0.4, -0.2) is 42.6 Å². The van der Waals surface area contributed by atoms with Gasteiger partial charge in [-0.1, -0.05) is 58.4 Å². The molecular formula is C17H34N2O4S. The minimum atomic E-state index is -4.23. The van der Waals surface area contributed by atoms with Gasteiger partial charge in [-0.2, -0.15) is 8.42 Å². The molecular weight excluding hydrogens is 328 g/mol. The predicted molar refractivity (Wildman–Crippen MR) is 98.5 cm³/mol. The molecule has 0 aromatic carbocycles. The normalized spacial score (nSPS) is 13.8. The van der Waals surface area contributed by atoms with Crippen LogP contribution in [-0.2, 0) is 14.6 Å². The van der Waals surface area contributed by atoms with Gasteiger partial charge in [-0.15, -0.1) is 0 Å².